The van der Waals surface area contributed by atoms with E-state index in [1.807, 2.05) is 13.8 Å². The number of aromatic nitrogens is 1. The number of nitro benzene ring substituents is 1. The number of ether oxygens (including phenoxy) is 3. The minimum Gasteiger partial charge on any atom is -0.493 e. The summed E-state index contributed by atoms with van der Waals surface area (Å²) in [7, 11) is -2.22. The van der Waals surface area contributed by atoms with Crippen LogP contribution in [0, 0.1) is 16.0 Å². The van der Waals surface area contributed by atoms with Crippen molar-refractivity contribution in [2.75, 3.05) is 34.5 Å². The first-order valence-corrected chi connectivity index (χ1v) is 20.6. The van der Waals surface area contributed by atoms with Crippen LogP contribution in [0.5, 0.6) is 17.2 Å². The van der Waals surface area contributed by atoms with Gasteiger partial charge in [-0.25, -0.2) is 8.42 Å². The second kappa shape index (κ2) is 16.8. The summed E-state index contributed by atoms with van der Waals surface area (Å²) in [6.07, 6.45) is 1.68. The van der Waals surface area contributed by atoms with E-state index in [4.69, 9.17) is 18.6 Å². The van der Waals surface area contributed by atoms with Crippen LogP contribution in [0.1, 0.15) is 46.6 Å². The number of carbonyl (C=O) groups is 1. The topological polar surface area (TPSA) is 159 Å². The van der Waals surface area contributed by atoms with Gasteiger partial charge in [0.05, 0.1) is 38.6 Å². The van der Waals surface area contributed by atoms with Gasteiger partial charge in [-0.05, 0) is 66.4 Å². The van der Waals surface area contributed by atoms with Gasteiger partial charge in [-0.3, -0.25) is 19.9 Å². The van der Waals surface area contributed by atoms with E-state index in [0.717, 1.165) is 10.4 Å². The molecule has 1 aromatic heterocycles. The Bertz CT molecular complexity index is 1740. The number of methoxy groups -OCH3 is 3. The van der Waals surface area contributed by atoms with Crippen LogP contribution in [-0.4, -0.2) is 77.4 Å². The molecule has 274 valence electrons. The van der Waals surface area contributed by atoms with Gasteiger partial charge in [0.2, 0.25) is 11.7 Å². The molecule has 0 saturated heterocycles. The molecule has 1 amide bonds. The van der Waals surface area contributed by atoms with Gasteiger partial charge >= 0.3 is 0 Å². The fourth-order valence-electron chi connectivity index (χ4n) is 5.07. The summed E-state index contributed by atoms with van der Waals surface area (Å²) in [4.78, 5) is 29.2. The predicted molar refractivity (Wildman–Crippen MR) is 195 cm³/mol. The Morgan fingerprint density at radius 2 is 1.64 bits per heavy atom. The quantitative estimate of drug-likeness (QED) is 0.0710. The van der Waals surface area contributed by atoms with Crippen molar-refractivity contribution in [1.82, 2.24) is 14.6 Å². The highest BCUT2D eigenvalue weighted by Gasteiger charge is 2.40. The van der Waals surface area contributed by atoms with Crippen molar-refractivity contribution in [2.45, 2.75) is 76.7 Å². The zero-order valence-electron chi connectivity index (χ0n) is 30.6. The van der Waals surface area contributed by atoms with E-state index in [-0.39, 0.29) is 37.1 Å². The zero-order chi connectivity index (χ0) is 37.4. The van der Waals surface area contributed by atoms with E-state index in [0.29, 0.717) is 34.1 Å². The molecule has 3 rings (SSSR count). The zero-order valence-corrected chi connectivity index (χ0v) is 32.4. The molecule has 0 radical (unpaired) electrons. The number of benzene rings is 2. The third kappa shape index (κ3) is 9.59. The summed E-state index contributed by atoms with van der Waals surface area (Å²) >= 11 is 0. The number of carbonyl (C=O) groups excluding carboxylic acids is 1. The standard InChI is InChI=1S/C35H50N4O9SSi/c1-24(2)19-29(34(40)37-17-18-48-50(9,10)35(3,4)5)38(49(43,44)32-14-12-11-13-28(32)39(41)42)23-25-15-16-36-27(20-25)26-21-30(45-6)33(47-8)31(22-26)46-7/h11-16,20-22,24,29H,17-19,23H2,1-10H3,(H,37,40)/t29-/m0/s1. The molecule has 1 N–H and O–H groups in total. The first-order chi connectivity index (χ1) is 23.4. The SMILES string of the molecule is COc1cc(-c2cc(CN([C@@H](CC(C)C)C(=O)NCCO[Si](C)(C)C(C)(C)C)S(=O)(=O)c3ccccc3[N+](=O)[O-])ccn2)cc(OC)c1OC. The molecule has 1 atom stereocenters. The van der Waals surface area contributed by atoms with Crippen LogP contribution in [0.25, 0.3) is 11.3 Å². The minimum atomic E-state index is -4.62. The Kier molecular flexibility index (Phi) is 13.5. The maximum absolute atomic E-state index is 14.5. The number of nitrogens with one attached hydrogen (secondary N) is 1. The van der Waals surface area contributed by atoms with E-state index >= 15 is 0 Å². The van der Waals surface area contributed by atoms with E-state index in [1.165, 1.54) is 45.7 Å². The van der Waals surface area contributed by atoms with E-state index in [2.05, 4.69) is 44.2 Å². The predicted octanol–water partition coefficient (Wildman–Crippen LogP) is 6.43. The van der Waals surface area contributed by atoms with Crippen LogP contribution in [-0.2, 0) is 25.8 Å². The lowest BCUT2D eigenvalue weighted by molar-refractivity contribution is -0.387. The molecular formula is C35H50N4O9SSi. The number of pyridine rings is 1. The minimum absolute atomic E-state index is 0.0298. The van der Waals surface area contributed by atoms with Gasteiger partial charge in [-0.15, -0.1) is 0 Å². The van der Waals surface area contributed by atoms with Crippen molar-refractivity contribution in [3.05, 3.63) is 70.4 Å². The molecule has 0 saturated carbocycles. The third-order valence-corrected chi connectivity index (χ3v) is 15.2. The molecule has 13 nitrogen and oxygen atoms in total. The van der Waals surface area contributed by atoms with Crippen molar-refractivity contribution in [2.24, 2.45) is 5.92 Å². The summed E-state index contributed by atoms with van der Waals surface area (Å²) in [5.41, 5.74) is 0.982. The fourth-order valence-corrected chi connectivity index (χ4v) is 7.86. The number of nitro groups is 1. The summed E-state index contributed by atoms with van der Waals surface area (Å²) in [6.45, 7) is 14.5. The Hall–Kier alpha value is -4.05. The highest BCUT2D eigenvalue weighted by Crippen LogP contribution is 2.41. The van der Waals surface area contributed by atoms with Gasteiger partial charge in [0.15, 0.2) is 24.7 Å². The molecule has 0 unspecified atom stereocenters. The summed E-state index contributed by atoms with van der Waals surface area (Å²) in [5.74, 6) is 0.569. The molecular weight excluding hydrogens is 681 g/mol. The maximum atomic E-state index is 14.5. The number of amides is 1. The van der Waals surface area contributed by atoms with Crippen molar-refractivity contribution in [3.63, 3.8) is 0 Å². The van der Waals surface area contributed by atoms with Crippen LogP contribution in [0.2, 0.25) is 18.1 Å². The highest BCUT2D eigenvalue weighted by atomic mass is 32.2. The Morgan fingerprint density at radius 3 is 2.18 bits per heavy atom. The molecule has 2 aromatic carbocycles. The van der Waals surface area contributed by atoms with Crippen molar-refractivity contribution >= 4 is 29.9 Å². The van der Waals surface area contributed by atoms with Gasteiger partial charge < -0.3 is 24.0 Å². The van der Waals surface area contributed by atoms with Crippen LogP contribution >= 0.6 is 0 Å². The second-order valence-electron chi connectivity index (χ2n) is 13.8. The van der Waals surface area contributed by atoms with Gasteiger partial charge in [-0.1, -0.05) is 46.8 Å². The summed E-state index contributed by atoms with van der Waals surface area (Å²) < 4.78 is 52.8. The normalized spacial score (nSPS) is 12.9. The lowest BCUT2D eigenvalue weighted by Crippen LogP contribution is -2.51. The van der Waals surface area contributed by atoms with Gasteiger partial charge in [0.1, 0.15) is 6.04 Å². The molecule has 0 aliphatic rings. The largest absolute Gasteiger partial charge is 0.493 e. The number of nitrogens with zero attached hydrogens (tertiary/aromatic N) is 3. The molecule has 0 aliphatic carbocycles. The lowest BCUT2D eigenvalue weighted by atomic mass is 10.0. The second-order valence-corrected chi connectivity index (χ2v) is 20.5. The fraction of sp³-hybridized carbons (Fsp3) is 0.486. The smallest absolute Gasteiger partial charge is 0.289 e. The number of rotatable bonds is 17. The maximum Gasteiger partial charge on any atom is 0.289 e. The third-order valence-electron chi connectivity index (χ3n) is 8.79. The Labute approximate surface area is 296 Å². The average Bonchev–Trinajstić information content (AvgIpc) is 3.06. The van der Waals surface area contributed by atoms with Crippen molar-refractivity contribution in [1.29, 1.82) is 0 Å². The van der Waals surface area contributed by atoms with Gasteiger partial charge in [0, 0.05) is 30.9 Å². The molecule has 15 heteroatoms. The van der Waals surface area contributed by atoms with E-state index < -0.39 is 45.8 Å². The van der Waals surface area contributed by atoms with Crippen molar-refractivity contribution in [3.8, 4) is 28.5 Å². The number of para-hydroxylation sites is 1. The molecule has 0 spiro atoms. The lowest BCUT2D eigenvalue weighted by Gasteiger charge is -2.36. The molecule has 3 aromatic rings. The van der Waals surface area contributed by atoms with Gasteiger partial charge in [0.25, 0.3) is 15.7 Å². The van der Waals surface area contributed by atoms with E-state index in [1.54, 1.807) is 24.3 Å². The molecule has 0 bridgehead atoms. The Balaban J connectivity index is 2.10. The number of hydrogen-bond donors (Lipinski definition) is 1. The van der Waals surface area contributed by atoms with Crippen LogP contribution in [0.3, 0.4) is 0 Å². The molecule has 0 aliphatic heterocycles. The molecule has 50 heavy (non-hydrogen) atoms. The number of hydrogen-bond acceptors (Lipinski definition) is 10. The van der Waals surface area contributed by atoms with Crippen molar-refractivity contribution < 1.29 is 36.8 Å². The first kappa shape index (κ1) is 40.4. The highest BCUT2D eigenvalue weighted by molar-refractivity contribution is 7.89. The first-order valence-electron chi connectivity index (χ1n) is 16.3. The van der Waals surface area contributed by atoms with Gasteiger partial charge in [-0.2, -0.15) is 4.31 Å². The summed E-state index contributed by atoms with van der Waals surface area (Å²) in [6, 6.07) is 10.7. The van der Waals surface area contributed by atoms with E-state index in [9.17, 15) is 23.3 Å². The van der Waals surface area contributed by atoms with Crippen LogP contribution in [0.4, 0.5) is 5.69 Å². The summed E-state index contributed by atoms with van der Waals surface area (Å²) in [5, 5.41) is 14.9. The molecule has 1 heterocycles. The number of sulfonamides is 1. The van der Waals surface area contributed by atoms with Crippen LogP contribution in [0.15, 0.2) is 59.6 Å². The monoisotopic (exact) mass is 730 g/mol. The molecule has 0 fully saturated rings. The van der Waals surface area contributed by atoms with Crippen LogP contribution < -0.4 is 19.5 Å². The Morgan fingerprint density at radius 1 is 1.02 bits per heavy atom. The average molecular weight is 731 g/mol.